The lowest BCUT2D eigenvalue weighted by Gasteiger charge is -2.23. The first-order chi connectivity index (χ1) is 8.79. The maximum atomic E-state index is 14.1. The van der Waals surface area contributed by atoms with E-state index in [0.717, 1.165) is 39.0 Å². The van der Waals surface area contributed by atoms with Crippen molar-refractivity contribution < 1.29 is 4.39 Å². The van der Waals surface area contributed by atoms with Crippen LogP contribution in [0.5, 0.6) is 0 Å². The Labute approximate surface area is 129 Å². The van der Waals surface area contributed by atoms with Crippen LogP contribution in [0.4, 0.5) is 4.39 Å². The van der Waals surface area contributed by atoms with Crippen molar-refractivity contribution in [1.82, 2.24) is 9.80 Å². The molecule has 0 aromatic carbocycles. The number of hydrogen-bond acceptors (Lipinski definition) is 2. The van der Waals surface area contributed by atoms with E-state index in [-0.39, 0.29) is 17.0 Å². The van der Waals surface area contributed by atoms with Crippen molar-refractivity contribution in [2.24, 2.45) is 0 Å². The van der Waals surface area contributed by atoms with E-state index < -0.39 is 6.42 Å². The predicted molar refractivity (Wildman–Crippen MR) is 86.6 cm³/mol. The first kappa shape index (κ1) is 19.3. The van der Waals surface area contributed by atoms with E-state index in [4.69, 9.17) is 0 Å². The van der Waals surface area contributed by atoms with Crippen LogP contribution in [-0.4, -0.2) is 42.4 Å². The fraction of sp³-hybridized carbons (Fsp3) is 1.00. The van der Waals surface area contributed by atoms with E-state index in [0.29, 0.717) is 0 Å². The third kappa shape index (κ3) is 7.62. The molecule has 0 aliphatic carbocycles. The first-order valence-corrected chi connectivity index (χ1v) is 7.91. The molecule has 2 nitrogen and oxygen atoms in total. The van der Waals surface area contributed by atoms with E-state index in [1.807, 2.05) is 9.80 Å². The summed E-state index contributed by atoms with van der Waals surface area (Å²) < 4.78 is 14.1. The summed E-state index contributed by atoms with van der Waals surface area (Å²) in [7, 11) is 0. The molecule has 1 rings (SSSR count). The zero-order valence-corrected chi connectivity index (χ0v) is 14.5. The average Bonchev–Trinajstić information content (AvgIpc) is 2.72. The Bertz CT molecular complexity index is 185. The standard InChI is InChI=1S/C15H31FN2.BrH/c1-3-5-7-9-11-17-13-14-18(15(17)16)12-10-8-6-4-2;/h15H,3-14H2,1-2H3;1H. The highest BCUT2D eigenvalue weighted by Crippen LogP contribution is 2.18. The van der Waals surface area contributed by atoms with Crippen LogP contribution in [0.3, 0.4) is 0 Å². The minimum Gasteiger partial charge on any atom is -0.260 e. The van der Waals surface area contributed by atoms with Crippen molar-refractivity contribution in [2.75, 3.05) is 26.2 Å². The first-order valence-electron chi connectivity index (χ1n) is 7.91. The molecule has 0 radical (unpaired) electrons. The number of alkyl halides is 1. The van der Waals surface area contributed by atoms with Gasteiger partial charge >= 0.3 is 0 Å². The van der Waals surface area contributed by atoms with E-state index >= 15 is 0 Å². The molecule has 0 spiro atoms. The van der Waals surface area contributed by atoms with E-state index in [1.54, 1.807) is 0 Å². The maximum absolute atomic E-state index is 14.1. The molecule has 0 unspecified atom stereocenters. The number of nitrogens with zero attached hydrogens (tertiary/aromatic N) is 2. The van der Waals surface area contributed by atoms with Gasteiger partial charge < -0.3 is 0 Å². The highest BCUT2D eigenvalue weighted by molar-refractivity contribution is 8.93. The van der Waals surface area contributed by atoms with Crippen LogP contribution in [0, 0.1) is 0 Å². The van der Waals surface area contributed by atoms with Crippen LogP contribution in [0.25, 0.3) is 0 Å². The maximum Gasteiger partial charge on any atom is 0.210 e. The smallest absolute Gasteiger partial charge is 0.210 e. The molecule has 116 valence electrons. The second-order valence-electron chi connectivity index (χ2n) is 5.50. The second-order valence-corrected chi connectivity index (χ2v) is 5.50. The Morgan fingerprint density at radius 3 is 1.58 bits per heavy atom. The molecule has 1 aliphatic heterocycles. The minimum absolute atomic E-state index is 0. The van der Waals surface area contributed by atoms with Crippen molar-refractivity contribution >= 4 is 17.0 Å². The van der Waals surface area contributed by atoms with Gasteiger partial charge in [0, 0.05) is 26.2 Å². The molecule has 0 N–H and O–H groups in total. The summed E-state index contributed by atoms with van der Waals surface area (Å²) in [6, 6.07) is 0. The molecule has 19 heavy (non-hydrogen) atoms. The average molecular weight is 339 g/mol. The SMILES string of the molecule is Br.CCCCCCN1CCN(CCCCCC)C1F. The van der Waals surface area contributed by atoms with E-state index in [9.17, 15) is 4.39 Å². The lowest BCUT2D eigenvalue weighted by molar-refractivity contribution is 0.0155. The van der Waals surface area contributed by atoms with Gasteiger partial charge in [-0.05, 0) is 12.8 Å². The van der Waals surface area contributed by atoms with Gasteiger partial charge in [0.05, 0.1) is 0 Å². The normalized spacial score (nSPS) is 17.8. The lowest BCUT2D eigenvalue weighted by Crippen LogP contribution is -2.36. The number of unbranched alkanes of at least 4 members (excludes halogenated alkanes) is 6. The Kier molecular flexibility index (Phi) is 12.3. The molecular weight excluding hydrogens is 307 g/mol. The highest BCUT2D eigenvalue weighted by atomic mass is 79.9. The molecule has 0 aromatic rings. The molecule has 1 fully saturated rings. The van der Waals surface area contributed by atoms with Gasteiger partial charge in [-0.25, -0.2) is 4.39 Å². The van der Waals surface area contributed by atoms with E-state index in [2.05, 4.69) is 13.8 Å². The molecule has 0 amide bonds. The van der Waals surface area contributed by atoms with Crippen molar-refractivity contribution in [3.8, 4) is 0 Å². The number of hydrogen-bond donors (Lipinski definition) is 0. The van der Waals surface area contributed by atoms with E-state index in [1.165, 1.54) is 38.5 Å². The third-order valence-corrected chi connectivity index (χ3v) is 3.87. The summed E-state index contributed by atoms with van der Waals surface area (Å²) in [6.45, 7) is 8.14. The van der Waals surface area contributed by atoms with Gasteiger partial charge in [-0.15, -0.1) is 17.0 Å². The van der Waals surface area contributed by atoms with Gasteiger partial charge in [0.2, 0.25) is 6.42 Å². The molecule has 0 aromatic heterocycles. The number of rotatable bonds is 10. The van der Waals surface area contributed by atoms with Crippen LogP contribution in [0.1, 0.15) is 65.2 Å². The largest absolute Gasteiger partial charge is 0.260 e. The van der Waals surface area contributed by atoms with Crippen LogP contribution < -0.4 is 0 Å². The lowest BCUT2D eigenvalue weighted by atomic mass is 10.2. The third-order valence-electron chi connectivity index (χ3n) is 3.87. The van der Waals surface area contributed by atoms with Gasteiger partial charge in [0.1, 0.15) is 0 Å². The summed E-state index contributed by atoms with van der Waals surface area (Å²) in [4.78, 5) is 4.02. The zero-order valence-electron chi connectivity index (χ0n) is 12.7. The number of halogens is 2. The minimum atomic E-state index is -0.812. The molecule has 1 heterocycles. The monoisotopic (exact) mass is 338 g/mol. The quantitative estimate of drug-likeness (QED) is 0.424. The molecule has 1 aliphatic rings. The summed E-state index contributed by atoms with van der Waals surface area (Å²) in [6.07, 6.45) is 9.05. The Hall–Kier alpha value is 0.330. The Balaban J connectivity index is 0.00000324. The topological polar surface area (TPSA) is 6.48 Å². The summed E-state index contributed by atoms with van der Waals surface area (Å²) in [5.74, 6) is 0. The molecule has 4 heteroatoms. The van der Waals surface area contributed by atoms with Crippen LogP contribution in [0.2, 0.25) is 0 Å². The van der Waals surface area contributed by atoms with Gasteiger partial charge in [0.25, 0.3) is 0 Å². The summed E-state index contributed by atoms with van der Waals surface area (Å²) in [5.41, 5.74) is 0. The van der Waals surface area contributed by atoms with Gasteiger partial charge in [-0.3, -0.25) is 9.80 Å². The van der Waals surface area contributed by atoms with Gasteiger partial charge in [0.15, 0.2) is 0 Å². The van der Waals surface area contributed by atoms with Crippen LogP contribution in [-0.2, 0) is 0 Å². The molecule has 0 bridgehead atoms. The zero-order chi connectivity index (χ0) is 13.2. The fourth-order valence-corrected chi connectivity index (χ4v) is 2.62. The summed E-state index contributed by atoms with van der Waals surface area (Å²) in [5, 5.41) is 0. The highest BCUT2D eigenvalue weighted by Gasteiger charge is 2.30. The second kappa shape index (κ2) is 12.1. The molecule has 0 atom stereocenters. The molecule has 0 saturated carbocycles. The fourth-order valence-electron chi connectivity index (χ4n) is 2.62. The summed E-state index contributed by atoms with van der Waals surface area (Å²) >= 11 is 0. The van der Waals surface area contributed by atoms with Gasteiger partial charge in [-0.2, -0.15) is 0 Å². The van der Waals surface area contributed by atoms with Crippen LogP contribution in [0.15, 0.2) is 0 Å². The predicted octanol–water partition coefficient (Wildman–Crippen LogP) is 4.60. The molecular formula is C15H32BrFN2. The Morgan fingerprint density at radius 2 is 1.21 bits per heavy atom. The molecule has 1 saturated heterocycles. The van der Waals surface area contributed by atoms with Crippen molar-refractivity contribution in [1.29, 1.82) is 0 Å². The van der Waals surface area contributed by atoms with Crippen LogP contribution >= 0.6 is 17.0 Å². The van der Waals surface area contributed by atoms with Crippen molar-refractivity contribution in [2.45, 2.75) is 71.6 Å². The van der Waals surface area contributed by atoms with Crippen molar-refractivity contribution in [3.05, 3.63) is 0 Å². The van der Waals surface area contributed by atoms with Gasteiger partial charge in [-0.1, -0.05) is 52.4 Å². The van der Waals surface area contributed by atoms with Crippen molar-refractivity contribution in [3.63, 3.8) is 0 Å². The Morgan fingerprint density at radius 1 is 0.789 bits per heavy atom.